The summed E-state index contributed by atoms with van der Waals surface area (Å²) < 4.78 is 4.93. The summed E-state index contributed by atoms with van der Waals surface area (Å²) in [7, 11) is 0. The molecule has 18 heavy (non-hydrogen) atoms. The van der Waals surface area contributed by atoms with E-state index >= 15 is 0 Å². The summed E-state index contributed by atoms with van der Waals surface area (Å²) in [5.41, 5.74) is 1.71. The summed E-state index contributed by atoms with van der Waals surface area (Å²) >= 11 is 0. The van der Waals surface area contributed by atoms with Crippen LogP contribution in [0.5, 0.6) is 5.75 Å². The number of benzene rings is 2. The first-order chi connectivity index (χ1) is 8.66. The van der Waals surface area contributed by atoms with Gasteiger partial charge in [0.05, 0.1) is 0 Å². The van der Waals surface area contributed by atoms with Crippen molar-refractivity contribution in [2.75, 3.05) is 0 Å². The van der Waals surface area contributed by atoms with E-state index in [1.54, 1.807) is 6.07 Å². The van der Waals surface area contributed by atoms with Crippen molar-refractivity contribution in [3.63, 3.8) is 0 Å². The number of para-hydroxylation sites is 1. The van der Waals surface area contributed by atoms with E-state index in [4.69, 9.17) is 4.74 Å². The predicted octanol–water partition coefficient (Wildman–Crippen LogP) is 3.26. The van der Waals surface area contributed by atoms with Gasteiger partial charge in [-0.15, -0.1) is 0 Å². The zero-order valence-electron chi connectivity index (χ0n) is 10.4. The van der Waals surface area contributed by atoms with Crippen LogP contribution < -0.4 is 4.74 Å². The lowest BCUT2D eigenvalue weighted by molar-refractivity contribution is 0.434. The van der Waals surface area contributed by atoms with E-state index in [-0.39, 0.29) is 5.41 Å². The van der Waals surface area contributed by atoms with Crippen molar-refractivity contribution in [2.45, 2.75) is 19.3 Å². The van der Waals surface area contributed by atoms with Gasteiger partial charge in [0.15, 0.2) is 0 Å². The Hall–Kier alpha value is -2.09. The summed E-state index contributed by atoms with van der Waals surface area (Å²) in [5, 5.41) is 0. The van der Waals surface area contributed by atoms with Crippen LogP contribution in [0.25, 0.3) is 0 Å². The number of carbonyl (C=O) groups excluding carboxylic acids is 1. The molecule has 2 rings (SSSR count). The molecular weight excluding hydrogens is 224 g/mol. The first kappa shape index (κ1) is 12.4. The zero-order valence-corrected chi connectivity index (χ0v) is 10.4. The Morgan fingerprint density at radius 1 is 1.11 bits per heavy atom. The van der Waals surface area contributed by atoms with Gasteiger partial charge in [0.2, 0.25) is 0 Å². The van der Waals surface area contributed by atoms with Crippen LogP contribution in [-0.2, 0) is 10.2 Å². The number of ether oxygens (including phenoxy) is 1. The molecule has 0 aliphatic carbocycles. The highest BCUT2D eigenvalue weighted by Crippen LogP contribution is 2.36. The van der Waals surface area contributed by atoms with Gasteiger partial charge in [-0.3, -0.25) is 0 Å². The number of hydrogen-bond donors (Lipinski definition) is 0. The molecule has 0 aliphatic rings. The third kappa shape index (κ3) is 2.28. The Morgan fingerprint density at radius 3 is 2.50 bits per heavy atom. The Balaban J connectivity index is 2.50. The highest BCUT2D eigenvalue weighted by atomic mass is 16.5. The molecule has 0 spiro atoms. The molecule has 2 aromatic carbocycles. The molecule has 0 unspecified atom stereocenters. The topological polar surface area (TPSA) is 26.3 Å². The van der Waals surface area contributed by atoms with Gasteiger partial charge in [-0.05, 0) is 17.7 Å². The van der Waals surface area contributed by atoms with Crippen molar-refractivity contribution >= 4 is 6.47 Å². The standard InChI is InChI=1S/C16H14O2/c1-16(2,13-8-4-3-5-9-13)14-10-6-7-11-15(14)18-12-17/h3-8,10-11H,1-2H3. The maximum atomic E-state index is 10.4. The maximum absolute atomic E-state index is 10.4. The third-order valence-electron chi connectivity index (χ3n) is 3.09. The van der Waals surface area contributed by atoms with Gasteiger partial charge in [-0.1, -0.05) is 56.3 Å². The predicted molar refractivity (Wildman–Crippen MR) is 70.2 cm³/mol. The van der Waals surface area contributed by atoms with Gasteiger partial charge in [0.1, 0.15) is 5.75 Å². The lowest BCUT2D eigenvalue weighted by Gasteiger charge is -2.27. The molecule has 0 N–H and O–H groups in total. The first-order valence-corrected chi connectivity index (χ1v) is 5.77. The number of rotatable bonds is 4. The molecular formula is C16H14O2. The van der Waals surface area contributed by atoms with Gasteiger partial charge in [0.25, 0.3) is 0 Å². The van der Waals surface area contributed by atoms with E-state index < -0.39 is 0 Å². The Bertz CT molecular complexity index is 530. The Labute approximate surface area is 107 Å². The fraction of sp³-hybridized carbons (Fsp3) is 0.188. The minimum absolute atomic E-state index is 0.283. The minimum atomic E-state index is -0.283. The van der Waals surface area contributed by atoms with E-state index in [0.717, 1.165) is 11.1 Å². The zero-order chi connectivity index (χ0) is 13.0. The largest absolute Gasteiger partial charge is 0.423 e. The maximum Gasteiger partial charge on any atom is 0.423 e. The Morgan fingerprint density at radius 2 is 1.83 bits per heavy atom. The van der Waals surface area contributed by atoms with Crippen LogP contribution >= 0.6 is 0 Å². The smallest absolute Gasteiger partial charge is 0.418 e. The van der Waals surface area contributed by atoms with Crippen LogP contribution in [-0.4, -0.2) is 6.47 Å². The van der Waals surface area contributed by atoms with Crippen LogP contribution in [0.15, 0.2) is 48.5 Å². The van der Waals surface area contributed by atoms with Crippen molar-refractivity contribution in [3.05, 3.63) is 65.7 Å². The summed E-state index contributed by atoms with van der Waals surface area (Å²) in [6.45, 7) is 5.64. The van der Waals surface area contributed by atoms with Crippen LogP contribution in [0.3, 0.4) is 0 Å². The van der Waals surface area contributed by atoms with Gasteiger partial charge < -0.3 is 4.74 Å². The molecule has 0 fully saturated rings. The lowest BCUT2D eigenvalue weighted by Crippen LogP contribution is -2.20. The van der Waals surface area contributed by atoms with Gasteiger partial charge in [0, 0.05) is 11.0 Å². The highest BCUT2D eigenvalue weighted by Gasteiger charge is 2.26. The molecule has 0 atom stereocenters. The average Bonchev–Trinajstić information content (AvgIpc) is 2.41. The molecule has 2 aromatic rings. The Kier molecular flexibility index (Phi) is 3.47. The van der Waals surface area contributed by atoms with Gasteiger partial charge >= 0.3 is 6.47 Å². The van der Waals surface area contributed by atoms with E-state index in [9.17, 15) is 4.79 Å². The molecule has 2 heteroatoms. The van der Waals surface area contributed by atoms with Crippen molar-refractivity contribution < 1.29 is 9.53 Å². The SMILES string of the molecule is CC(C)(c1[c]cccc1)c1ccccc1O[C]=O. The summed E-state index contributed by atoms with van der Waals surface area (Å²) in [4.78, 5) is 10.4. The molecule has 2 nitrogen and oxygen atoms in total. The molecule has 0 aliphatic heterocycles. The summed E-state index contributed by atoms with van der Waals surface area (Å²) in [6.07, 6.45) is 0. The monoisotopic (exact) mass is 238 g/mol. The van der Waals surface area contributed by atoms with Crippen molar-refractivity contribution in [1.29, 1.82) is 0 Å². The molecule has 0 amide bonds. The van der Waals surface area contributed by atoms with Crippen molar-refractivity contribution in [1.82, 2.24) is 0 Å². The molecule has 2 radical (unpaired) electrons. The molecule has 0 heterocycles. The van der Waals surface area contributed by atoms with Crippen molar-refractivity contribution in [3.8, 4) is 5.75 Å². The quantitative estimate of drug-likeness (QED) is 0.817. The van der Waals surface area contributed by atoms with E-state index in [2.05, 4.69) is 19.9 Å². The molecule has 0 saturated heterocycles. The molecule has 0 saturated carbocycles. The van der Waals surface area contributed by atoms with E-state index in [1.807, 2.05) is 42.5 Å². The fourth-order valence-electron chi connectivity index (χ4n) is 2.04. The second-order valence-corrected chi connectivity index (χ2v) is 4.58. The summed E-state index contributed by atoms with van der Waals surface area (Å²) in [5.74, 6) is 0.537. The van der Waals surface area contributed by atoms with Crippen molar-refractivity contribution in [2.24, 2.45) is 0 Å². The fourth-order valence-corrected chi connectivity index (χ4v) is 2.04. The molecule has 0 aromatic heterocycles. The summed E-state index contributed by atoms with van der Waals surface area (Å²) in [6, 6.07) is 18.5. The van der Waals surface area contributed by atoms with Crippen LogP contribution in [0, 0.1) is 6.07 Å². The van der Waals surface area contributed by atoms with Crippen LogP contribution in [0.4, 0.5) is 0 Å². The minimum Gasteiger partial charge on any atom is -0.418 e. The second-order valence-electron chi connectivity index (χ2n) is 4.58. The molecule has 90 valence electrons. The highest BCUT2D eigenvalue weighted by molar-refractivity contribution is 5.52. The first-order valence-electron chi connectivity index (χ1n) is 5.77. The van der Waals surface area contributed by atoms with Gasteiger partial charge in [-0.25, -0.2) is 4.79 Å². The normalized spacial score (nSPS) is 11.0. The number of hydrogen-bond acceptors (Lipinski definition) is 2. The third-order valence-corrected chi connectivity index (χ3v) is 3.09. The van der Waals surface area contributed by atoms with E-state index in [0.29, 0.717) is 5.75 Å². The van der Waals surface area contributed by atoms with Crippen LogP contribution in [0.1, 0.15) is 25.0 Å². The van der Waals surface area contributed by atoms with Gasteiger partial charge in [-0.2, -0.15) is 0 Å². The van der Waals surface area contributed by atoms with Crippen LogP contribution in [0.2, 0.25) is 0 Å². The average molecular weight is 238 g/mol. The molecule has 0 bridgehead atoms. The van der Waals surface area contributed by atoms with E-state index in [1.165, 1.54) is 6.47 Å². The lowest BCUT2D eigenvalue weighted by atomic mass is 9.78. The second kappa shape index (κ2) is 5.05.